The Labute approximate surface area is 312 Å². The minimum Gasteiger partial charge on any atom is -0.480 e. The molecule has 0 aliphatic carbocycles. The van der Waals surface area contributed by atoms with E-state index < -0.39 is 45.1 Å². The lowest BCUT2D eigenvalue weighted by molar-refractivity contribution is -0.154. The van der Waals surface area contributed by atoms with Crippen molar-refractivity contribution in [3.8, 4) is 0 Å². The van der Waals surface area contributed by atoms with E-state index in [2.05, 4.69) is 13.8 Å². The Morgan fingerprint density at radius 2 is 0.902 bits per heavy atom. The van der Waals surface area contributed by atoms with E-state index in [1.165, 1.54) is 141 Å². The van der Waals surface area contributed by atoms with Gasteiger partial charge in [0.2, 0.25) is 0 Å². The van der Waals surface area contributed by atoms with Gasteiger partial charge in [0.05, 0.1) is 19.8 Å². The van der Waals surface area contributed by atoms with Crippen LogP contribution in [-0.2, 0) is 32.7 Å². The highest BCUT2D eigenvalue weighted by Gasteiger charge is 2.27. The van der Waals surface area contributed by atoms with Crippen molar-refractivity contribution in [1.82, 2.24) is 0 Å². The molecule has 0 amide bonds. The summed E-state index contributed by atoms with van der Waals surface area (Å²) in [5.41, 5.74) is 5.34. The summed E-state index contributed by atoms with van der Waals surface area (Å²) < 4.78 is 33.2. The van der Waals surface area contributed by atoms with E-state index in [9.17, 15) is 19.0 Å². The van der Waals surface area contributed by atoms with Gasteiger partial charge in [-0.05, 0) is 12.8 Å². The highest BCUT2D eigenvalue weighted by molar-refractivity contribution is 7.47. The van der Waals surface area contributed by atoms with Gasteiger partial charge in [-0.1, -0.05) is 187 Å². The van der Waals surface area contributed by atoms with E-state index >= 15 is 0 Å². The summed E-state index contributed by atoms with van der Waals surface area (Å²) in [5.74, 6) is -1.77. The van der Waals surface area contributed by atoms with Crippen molar-refractivity contribution in [3.05, 3.63) is 0 Å². The first kappa shape index (κ1) is 50.0. The molecule has 4 N–H and O–H groups in total. The summed E-state index contributed by atoms with van der Waals surface area (Å²) in [6.07, 6.45) is 36.1. The second-order valence-corrected chi connectivity index (χ2v) is 15.9. The zero-order valence-electron chi connectivity index (χ0n) is 33.0. The number of carboxylic acid groups (broad SMARTS) is 1. The van der Waals surface area contributed by atoms with Crippen LogP contribution in [0, 0.1) is 0 Å². The number of aliphatic carboxylic acids is 1. The fourth-order valence-electron chi connectivity index (χ4n) is 6.08. The van der Waals surface area contributed by atoms with Crippen LogP contribution >= 0.6 is 7.82 Å². The molecule has 0 aliphatic heterocycles. The van der Waals surface area contributed by atoms with E-state index in [1.54, 1.807) is 0 Å². The second kappa shape index (κ2) is 37.3. The number of phosphoric ester groups is 1. The van der Waals surface area contributed by atoms with E-state index in [1.807, 2.05) is 0 Å². The van der Waals surface area contributed by atoms with Crippen molar-refractivity contribution in [2.24, 2.45) is 5.73 Å². The summed E-state index contributed by atoms with van der Waals surface area (Å²) in [7, 11) is -4.60. The zero-order chi connectivity index (χ0) is 37.7. The lowest BCUT2D eigenvalue weighted by Crippen LogP contribution is -2.34. The zero-order valence-corrected chi connectivity index (χ0v) is 33.9. The fraction of sp³-hybridized carbons (Fsp3) is 0.950. The van der Waals surface area contributed by atoms with Gasteiger partial charge in [-0.15, -0.1) is 0 Å². The molecule has 3 unspecified atom stereocenters. The van der Waals surface area contributed by atoms with Gasteiger partial charge in [0.1, 0.15) is 12.1 Å². The highest BCUT2D eigenvalue weighted by Crippen LogP contribution is 2.43. The number of rotatable bonds is 41. The number of phosphoric acid groups is 1. The predicted octanol–water partition coefficient (Wildman–Crippen LogP) is 11.2. The molecule has 10 nitrogen and oxygen atoms in total. The van der Waals surface area contributed by atoms with Crippen LogP contribution < -0.4 is 5.73 Å². The molecule has 0 fully saturated rings. The van der Waals surface area contributed by atoms with Crippen LogP contribution in [-0.4, -0.2) is 60.5 Å². The van der Waals surface area contributed by atoms with Gasteiger partial charge in [0.25, 0.3) is 0 Å². The molecule has 0 saturated heterocycles. The summed E-state index contributed by atoms with van der Waals surface area (Å²) in [4.78, 5) is 33.3. The maximum absolute atomic E-state index is 12.5. The van der Waals surface area contributed by atoms with Gasteiger partial charge in [0.15, 0.2) is 0 Å². The molecule has 11 heteroatoms. The van der Waals surface area contributed by atoms with Crippen molar-refractivity contribution in [2.45, 2.75) is 219 Å². The van der Waals surface area contributed by atoms with Crippen molar-refractivity contribution < 1.29 is 42.7 Å². The lowest BCUT2D eigenvalue weighted by Gasteiger charge is -2.20. The molecule has 0 aromatic heterocycles. The van der Waals surface area contributed by atoms with Crippen molar-refractivity contribution in [1.29, 1.82) is 0 Å². The number of esters is 1. The molecule has 304 valence electrons. The van der Waals surface area contributed by atoms with Crippen LogP contribution in [0.2, 0.25) is 0 Å². The largest absolute Gasteiger partial charge is 0.480 e. The Morgan fingerprint density at radius 1 is 0.549 bits per heavy atom. The van der Waals surface area contributed by atoms with Gasteiger partial charge in [-0.25, -0.2) is 4.57 Å². The molecule has 51 heavy (non-hydrogen) atoms. The summed E-state index contributed by atoms with van der Waals surface area (Å²) >= 11 is 0. The van der Waals surface area contributed by atoms with Gasteiger partial charge >= 0.3 is 19.8 Å². The number of unbranched alkanes of at least 4 members (excludes halogenated alkanes) is 27. The smallest absolute Gasteiger partial charge is 0.472 e. The number of nitrogens with two attached hydrogens (primary N) is 1. The van der Waals surface area contributed by atoms with Crippen molar-refractivity contribution >= 4 is 19.8 Å². The number of carboxylic acids is 1. The Kier molecular flexibility index (Phi) is 36.5. The van der Waals surface area contributed by atoms with E-state index in [0.717, 1.165) is 44.9 Å². The maximum atomic E-state index is 12.5. The molecule has 0 saturated carbocycles. The molecule has 0 aliphatic rings. The van der Waals surface area contributed by atoms with Crippen LogP contribution in [0.4, 0.5) is 0 Å². The van der Waals surface area contributed by atoms with Crippen LogP contribution in [0.15, 0.2) is 0 Å². The average molecular weight is 750 g/mol. The summed E-state index contributed by atoms with van der Waals surface area (Å²) in [5, 5.41) is 8.86. The van der Waals surface area contributed by atoms with E-state index in [-0.39, 0.29) is 13.0 Å². The van der Waals surface area contributed by atoms with E-state index in [0.29, 0.717) is 6.61 Å². The van der Waals surface area contributed by atoms with Crippen LogP contribution in [0.1, 0.15) is 206 Å². The standard InChI is InChI=1S/C40H80NO9P/c1-3-5-7-9-11-13-14-15-16-17-18-19-20-21-22-23-24-25-27-29-31-33-47-34-37(35-48-51(45,46)49-36-38(41)40(43)44)50-39(42)32-30-28-26-12-10-8-6-4-2/h37-38H,3-36,41H2,1-2H3,(H,43,44)(H,45,46). The maximum Gasteiger partial charge on any atom is 0.472 e. The Balaban J connectivity index is 4.03. The van der Waals surface area contributed by atoms with Gasteiger partial charge in [-0.2, -0.15) is 0 Å². The Hall–Kier alpha value is -1.03. The normalized spacial score (nSPS) is 14.0. The molecule has 0 aromatic rings. The number of hydrogen-bond acceptors (Lipinski definition) is 8. The predicted molar refractivity (Wildman–Crippen MR) is 208 cm³/mol. The molecule has 0 spiro atoms. The first-order valence-corrected chi connectivity index (χ1v) is 22.6. The van der Waals surface area contributed by atoms with Gasteiger partial charge < -0.3 is 25.2 Å². The van der Waals surface area contributed by atoms with E-state index in [4.69, 9.17) is 29.4 Å². The average Bonchev–Trinajstić information content (AvgIpc) is 3.10. The monoisotopic (exact) mass is 750 g/mol. The number of carbonyl (C=O) groups is 2. The molecule has 0 bridgehead atoms. The third-order valence-corrected chi connectivity index (χ3v) is 10.3. The van der Waals surface area contributed by atoms with Gasteiger partial charge in [-0.3, -0.25) is 18.6 Å². The fourth-order valence-corrected chi connectivity index (χ4v) is 6.85. The Morgan fingerprint density at radius 3 is 1.29 bits per heavy atom. The third kappa shape index (κ3) is 37.1. The Bertz CT molecular complexity index is 832. The summed E-state index contributed by atoms with van der Waals surface area (Å²) in [6.45, 7) is 3.88. The van der Waals surface area contributed by atoms with Crippen LogP contribution in [0.3, 0.4) is 0 Å². The van der Waals surface area contributed by atoms with Crippen molar-refractivity contribution in [3.63, 3.8) is 0 Å². The van der Waals surface area contributed by atoms with Crippen LogP contribution in [0.25, 0.3) is 0 Å². The minimum atomic E-state index is -4.60. The first-order valence-electron chi connectivity index (χ1n) is 21.1. The first-order chi connectivity index (χ1) is 24.7. The molecule has 0 heterocycles. The second-order valence-electron chi connectivity index (χ2n) is 14.5. The number of ether oxygens (including phenoxy) is 2. The number of hydrogen-bond donors (Lipinski definition) is 3. The molecule has 0 aromatic carbocycles. The molecule has 0 radical (unpaired) electrons. The number of carbonyl (C=O) groups excluding carboxylic acids is 1. The molecular weight excluding hydrogens is 669 g/mol. The quantitative estimate of drug-likeness (QED) is 0.0312. The van der Waals surface area contributed by atoms with Gasteiger partial charge in [0, 0.05) is 13.0 Å². The molecular formula is C40H80NO9P. The molecule has 3 atom stereocenters. The summed E-state index contributed by atoms with van der Waals surface area (Å²) in [6, 6.07) is -1.47. The highest BCUT2D eigenvalue weighted by atomic mass is 31.2. The van der Waals surface area contributed by atoms with Crippen molar-refractivity contribution in [2.75, 3.05) is 26.4 Å². The molecule has 0 rings (SSSR count). The third-order valence-electron chi connectivity index (χ3n) is 9.39. The SMILES string of the molecule is CCCCCCCCCCCCCCCCCCCCCCCOCC(COP(=O)(O)OCC(N)C(=O)O)OC(=O)CCCCCCCCCC. The topological polar surface area (TPSA) is 155 Å². The lowest BCUT2D eigenvalue weighted by atomic mass is 10.0. The van der Waals surface area contributed by atoms with Crippen LogP contribution in [0.5, 0.6) is 0 Å². The minimum absolute atomic E-state index is 0.0248.